The number of carbonyl (C=O) groups is 1. The van der Waals surface area contributed by atoms with Crippen LogP contribution in [0.2, 0.25) is 0 Å². The van der Waals surface area contributed by atoms with E-state index in [0.29, 0.717) is 11.1 Å². The lowest BCUT2D eigenvalue weighted by Gasteiger charge is -2.28. The van der Waals surface area contributed by atoms with Gasteiger partial charge in [-0.1, -0.05) is 57.7 Å². The zero-order chi connectivity index (χ0) is 19.1. The molecule has 3 atom stereocenters. The van der Waals surface area contributed by atoms with Crippen molar-refractivity contribution in [1.29, 1.82) is 0 Å². The Labute approximate surface area is 160 Å². The van der Waals surface area contributed by atoms with Gasteiger partial charge in [-0.05, 0) is 24.0 Å². The molecule has 7 heteroatoms. The van der Waals surface area contributed by atoms with Crippen molar-refractivity contribution < 1.29 is 13.2 Å². The molecule has 0 bridgehead atoms. The number of anilines is 1. The van der Waals surface area contributed by atoms with E-state index in [1.54, 1.807) is 0 Å². The van der Waals surface area contributed by atoms with E-state index in [-0.39, 0.29) is 34.6 Å². The summed E-state index contributed by atoms with van der Waals surface area (Å²) in [6.45, 7) is 8.08. The molecule has 3 unspecified atom stereocenters. The molecule has 3 rings (SSSR count). The smallest absolute Gasteiger partial charge is 0.250 e. The number of aliphatic imine (C=N–C) groups is 1. The normalized spacial score (nSPS) is 27.1. The second-order valence-electron chi connectivity index (χ2n) is 7.43. The van der Waals surface area contributed by atoms with Crippen molar-refractivity contribution in [2.75, 3.05) is 16.4 Å². The zero-order valence-corrected chi connectivity index (χ0v) is 17.3. The molecule has 0 radical (unpaired) electrons. The van der Waals surface area contributed by atoms with Gasteiger partial charge in [-0.25, -0.2) is 8.42 Å². The largest absolute Gasteiger partial charge is 0.315 e. The molecule has 2 aliphatic heterocycles. The van der Waals surface area contributed by atoms with Crippen LogP contribution in [0.4, 0.5) is 5.69 Å². The fourth-order valence-electron chi connectivity index (χ4n) is 3.42. The van der Waals surface area contributed by atoms with Crippen molar-refractivity contribution in [3.8, 4) is 0 Å². The minimum Gasteiger partial charge on any atom is -0.315 e. The number of nitrogens with zero attached hydrogens (tertiary/aromatic N) is 2. The second-order valence-corrected chi connectivity index (χ2v) is 10.8. The summed E-state index contributed by atoms with van der Waals surface area (Å²) < 4.78 is 24.4. The molecular weight excluding hydrogens is 368 g/mol. The second kappa shape index (κ2) is 7.35. The van der Waals surface area contributed by atoms with Gasteiger partial charge in [-0.15, -0.1) is 0 Å². The Kier molecular flexibility index (Phi) is 5.49. The quantitative estimate of drug-likeness (QED) is 0.782. The summed E-state index contributed by atoms with van der Waals surface area (Å²) in [4.78, 5) is 18.8. The standard InChI is InChI=1S/C19H26N2O3S2/c1-5-13(4)18(22)20-19-21(15-9-7-6-8-14(15)12(2)3)16-10-26(23,24)11-17(16)25-19/h6-9,12-13,16-17H,5,10-11H2,1-4H3. The first-order chi connectivity index (χ1) is 12.2. The number of amides is 1. The molecule has 0 aromatic heterocycles. The van der Waals surface area contributed by atoms with E-state index in [1.165, 1.54) is 11.8 Å². The van der Waals surface area contributed by atoms with E-state index in [4.69, 9.17) is 0 Å². The van der Waals surface area contributed by atoms with Crippen LogP contribution >= 0.6 is 11.8 Å². The monoisotopic (exact) mass is 394 g/mol. The SMILES string of the molecule is CCC(C)C(=O)N=C1SC2CS(=O)(=O)CC2N1c1ccccc1C(C)C. The van der Waals surface area contributed by atoms with Gasteiger partial charge in [0.15, 0.2) is 15.0 Å². The van der Waals surface area contributed by atoms with Crippen LogP contribution in [0.1, 0.15) is 45.6 Å². The molecule has 2 aliphatic rings. The van der Waals surface area contributed by atoms with E-state index >= 15 is 0 Å². The Balaban J connectivity index is 2.07. The Bertz CT molecular complexity index is 833. The molecule has 0 spiro atoms. The van der Waals surface area contributed by atoms with Crippen LogP contribution in [0, 0.1) is 5.92 Å². The number of sulfone groups is 1. The number of amidine groups is 1. The van der Waals surface area contributed by atoms with Crippen LogP contribution in [0.3, 0.4) is 0 Å². The minimum atomic E-state index is -3.05. The fourth-order valence-corrected chi connectivity index (χ4v) is 7.33. The number of hydrogen-bond acceptors (Lipinski definition) is 4. The van der Waals surface area contributed by atoms with Crippen LogP contribution < -0.4 is 4.90 Å². The average molecular weight is 395 g/mol. The molecule has 0 saturated carbocycles. The molecule has 5 nitrogen and oxygen atoms in total. The predicted molar refractivity (Wildman–Crippen MR) is 109 cm³/mol. The summed E-state index contributed by atoms with van der Waals surface area (Å²) in [6, 6.07) is 7.86. The van der Waals surface area contributed by atoms with Crippen molar-refractivity contribution in [2.45, 2.75) is 51.3 Å². The maximum atomic E-state index is 12.4. The van der Waals surface area contributed by atoms with Crippen LogP contribution in [0.5, 0.6) is 0 Å². The zero-order valence-electron chi connectivity index (χ0n) is 15.7. The number of para-hydroxylation sites is 1. The Morgan fingerprint density at radius 1 is 1.27 bits per heavy atom. The highest BCUT2D eigenvalue weighted by Crippen LogP contribution is 2.43. The first kappa shape index (κ1) is 19.4. The molecule has 26 heavy (non-hydrogen) atoms. The Morgan fingerprint density at radius 2 is 1.96 bits per heavy atom. The molecule has 0 N–H and O–H groups in total. The van der Waals surface area contributed by atoms with E-state index < -0.39 is 9.84 Å². The lowest BCUT2D eigenvalue weighted by atomic mass is 9.99. The highest BCUT2D eigenvalue weighted by atomic mass is 32.2. The third-order valence-corrected chi connectivity index (χ3v) is 8.33. The van der Waals surface area contributed by atoms with E-state index in [9.17, 15) is 13.2 Å². The summed E-state index contributed by atoms with van der Waals surface area (Å²) in [7, 11) is -3.05. The maximum absolute atomic E-state index is 12.4. The summed E-state index contributed by atoms with van der Waals surface area (Å²) in [5.41, 5.74) is 2.11. The van der Waals surface area contributed by atoms with Crippen molar-refractivity contribution >= 4 is 38.4 Å². The van der Waals surface area contributed by atoms with Crippen LogP contribution in [-0.2, 0) is 14.6 Å². The summed E-state index contributed by atoms with van der Waals surface area (Å²) in [5.74, 6) is 0.298. The summed E-state index contributed by atoms with van der Waals surface area (Å²) in [5, 5.41) is 0.581. The minimum absolute atomic E-state index is 0.0660. The molecule has 1 aromatic rings. The average Bonchev–Trinajstić information content (AvgIpc) is 3.04. The number of benzene rings is 1. The molecule has 142 valence electrons. The van der Waals surface area contributed by atoms with Gasteiger partial charge in [0.25, 0.3) is 5.91 Å². The molecule has 2 fully saturated rings. The number of fused-ring (bicyclic) bond motifs is 1. The van der Waals surface area contributed by atoms with Gasteiger partial charge in [-0.3, -0.25) is 4.79 Å². The Morgan fingerprint density at radius 3 is 2.62 bits per heavy atom. The maximum Gasteiger partial charge on any atom is 0.250 e. The highest BCUT2D eigenvalue weighted by molar-refractivity contribution is 8.16. The van der Waals surface area contributed by atoms with Gasteiger partial charge in [0.2, 0.25) is 0 Å². The van der Waals surface area contributed by atoms with Crippen molar-refractivity contribution in [1.82, 2.24) is 0 Å². The van der Waals surface area contributed by atoms with Crippen molar-refractivity contribution in [3.63, 3.8) is 0 Å². The lowest BCUT2D eigenvalue weighted by Crippen LogP contribution is -2.38. The molecule has 1 aromatic carbocycles. The number of hydrogen-bond donors (Lipinski definition) is 0. The molecule has 0 aliphatic carbocycles. The van der Waals surface area contributed by atoms with Gasteiger partial charge < -0.3 is 4.90 Å². The fraction of sp³-hybridized carbons (Fsp3) is 0.579. The van der Waals surface area contributed by atoms with E-state index in [0.717, 1.165) is 17.7 Å². The molecule has 2 heterocycles. The predicted octanol–water partition coefficient (Wildman–Crippen LogP) is 3.46. The molecular formula is C19H26N2O3S2. The van der Waals surface area contributed by atoms with Gasteiger partial charge >= 0.3 is 0 Å². The number of thioether (sulfide) groups is 1. The van der Waals surface area contributed by atoms with Crippen LogP contribution in [0.25, 0.3) is 0 Å². The molecule has 2 saturated heterocycles. The van der Waals surface area contributed by atoms with Crippen molar-refractivity contribution in [3.05, 3.63) is 29.8 Å². The van der Waals surface area contributed by atoms with Crippen LogP contribution in [0.15, 0.2) is 29.3 Å². The summed E-state index contributed by atoms with van der Waals surface area (Å²) in [6.07, 6.45) is 0.740. The van der Waals surface area contributed by atoms with Gasteiger partial charge in [-0.2, -0.15) is 4.99 Å². The first-order valence-corrected chi connectivity index (χ1v) is 11.8. The first-order valence-electron chi connectivity index (χ1n) is 9.11. The van der Waals surface area contributed by atoms with E-state index in [2.05, 4.69) is 24.9 Å². The van der Waals surface area contributed by atoms with Gasteiger partial charge in [0.1, 0.15) is 0 Å². The topological polar surface area (TPSA) is 66.8 Å². The lowest BCUT2D eigenvalue weighted by molar-refractivity contribution is -0.121. The third kappa shape index (κ3) is 3.69. The van der Waals surface area contributed by atoms with Crippen LogP contribution in [-0.4, -0.2) is 42.3 Å². The van der Waals surface area contributed by atoms with Gasteiger partial charge in [0.05, 0.1) is 17.5 Å². The third-order valence-electron chi connectivity index (χ3n) is 5.12. The highest BCUT2D eigenvalue weighted by Gasteiger charge is 2.49. The number of carbonyl (C=O) groups excluding carboxylic acids is 1. The number of rotatable bonds is 4. The summed E-state index contributed by atoms with van der Waals surface area (Å²) >= 11 is 1.44. The van der Waals surface area contributed by atoms with E-state index in [1.807, 2.05) is 36.9 Å². The van der Waals surface area contributed by atoms with Crippen molar-refractivity contribution in [2.24, 2.45) is 10.9 Å². The Hall–Kier alpha value is -1.34. The molecule has 1 amide bonds. The van der Waals surface area contributed by atoms with Gasteiger partial charge in [0, 0.05) is 16.9 Å².